The lowest BCUT2D eigenvalue weighted by Gasteiger charge is -1.92. The number of aromatic amines is 1. The maximum absolute atomic E-state index is 11.2. The highest BCUT2D eigenvalue weighted by Crippen LogP contribution is 2.20. The molecule has 2 aromatic heterocycles. The molecular weight excluding hydrogens is 206 g/mol. The molecule has 0 aromatic carbocycles. The Hall–Kier alpha value is -1.62. The summed E-state index contributed by atoms with van der Waals surface area (Å²) in [7, 11) is 1.31. The van der Waals surface area contributed by atoms with Gasteiger partial charge in [0.05, 0.1) is 18.8 Å². The average molecular weight is 212 g/mol. The number of nitrogens with zero attached hydrogens (tertiary/aromatic N) is 2. The van der Waals surface area contributed by atoms with Crippen molar-refractivity contribution in [1.82, 2.24) is 15.2 Å². The molecule has 0 spiro atoms. The number of carbonyl (C=O) groups excluding carboxylic acids is 1. The zero-order valence-corrected chi connectivity index (χ0v) is 8.00. The van der Waals surface area contributed by atoms with Crippen molar-refractivity contribution >= 4 is 28.5 Å². The second-order valence-electron chi connectivity index (χ2n) is 2.64. The first-order chi connectivity index (χ1) is 6.72. The van der Waals surface area contributed by atoms with Crippen molar-refractivity contribution in [2.75, 3.05) is 7.11 Å². The van der Waals surface area contributed by atoms with E-state index in [1.165, 1.54) is 13.3 Å². The topological polar surface area (TPSA) is 67.9 Å². The molecule has 5 nitrogen and oxygen atoms in total. The molecule has 1 N–H and O–H groups in total. The summed E-state index contributed by atoms with van der Waals surface area (Å²) in [6.45, 7) is 0. The van der Waals surface area contributed by atoms with Crippen LogP contribution in [0.15, 0.2) is 12.3 Å². The summed E-state index contributed by atoms with van der Waals surface area (Å²) in [5.41, 5.74) is 0.918. The number of nitrogens with one attached hydrogen (secondary N) is 1. The summed E-state index contributed by atoms with van der Waals surface area (Å²) in [6, 6.07) is 1.61. The van der Waals surface area contributed by atoms with Crippen LogP contribution in [0.3, 0.4) is 0 Å². The van der Waals surface area contributed by atoms with E-state index in [9.17, 15) is 4.79 Å². The SMILES string of the molecule is COC(=O)c1cc2cnnc(Cl)c2[nH]1. The Morgan fingerprint density at radius 2 is 2.43 bits per heavy atom. The van der Waals surface area contributed by atoms with E-state index in [1.54, 1.807) is 6.07 Å². The quantitative estimate of drug-likeness (QED) is 0.724. The Bertz CT molecular complexity index is 494. The smallest absolute Gasteiger partial charge is 0.354 e. The number of methoxy groups -OCH3 is 1. The lowest BCUT2D eigenvalue weighted by molar-refractivity contribution is 0.0595. The van der Waals surface area contributed by atoms with Gasteiger partial charge >= 0.3 is 5.97 Å². The van der Waals surface area contributed by atoms with Crippen molar-refractivity contribution in [1.29, 1.82) is 0 Å². The number of esters is 1. The monoisotopic (exact) mass is 211 g/mol. The van der Waals surface area contributed by atoms with Gasteiger partial charge in [0.25, 0.3) is 0 Å². The number of rotatable bonds is 1. The average Bonchev–Trinajstić information content (AvgIpc) is 2.62. The number of hydrogen-bond donors (Lipinski definition) is 1. The van der Waals surface area contributed by atoms with Crippen LogP contribution in [-0.4, -0.2) is 28.3 Å². The van der Waals surface area contributed by atoms with Gasteiger partial charge in [-0.1, -0.05) is 11.6 Å². The minimum atomic E-state index is -0.447. The molecule has 14 heavy (non-hydrogen) atoms. The molecule has 0 atom stereocenters. The number of fused-ring (bicyclic) bond motifs is 1. The molecule has 0 radical (unpaired) electrons. The van der Waals surface area contributed by atoms with Crippen LogP contribution < -0.4 is 0 Å². The van der Waals surface area contributed by atoms with Gasteiger partial charge in [-0.15, -0.1) is 5.10 Å². The Morgan fingerprint density at radius 3 is 3.07 bits per heavy atom. The van der Waals surface area contributed by atoms with E-state index in [0.29, 0.717) is 11.2 Å². The highest BCUT2D eigenvalue weighted by Gasteiger charge is 2.11. The Kier molecular flexibility index (Phi) is 2.09. The molecule has 0 amide bonds. The van der Waals surface area contributed by atoms with Crippen LogP contribution in [0.4, 0.5) is 0 Å². The molecular formula is C8H6ClN3O2. The molecule has 0 bridgehead atoms. The minimum absolute atomic E-state index is 0.234. The van der Waals surface area contributed by atoms with E-state index in [-0.39, 0.29) is 5.15 Å². The van der Waals surface area contributed by atoms with Crippen molar-refractivity contribution in [2.24, 2.45) is 0 Å². The molecule has 2 heterocycles. The molecule has 72 valence electrons. The third-order valence-corrected chi connectivity index (χ3v) is 2.07. The Labute approximate surface area is 84.0 Å². The van der Waals surface area contributed by atoms with Crippen molar-refractivity contribution in [3.63, 3.8) is 0 Å². The van der Waals surface area contributed by atoms with Crippen LogP contribution in [0.5, 0.6) is 0 Å². The van der Waals surface area contributed by atoms with E-state index in [0.717, 1.165) is 5.39 Å². The van der Waals surface area contributed by atoms with Crippen LogP contribution in [-0.2, 0) is 4.74 Å². The van der Waals surface area contributed by atoms with Crippen molar-refractivity contribution in [3.8, 4) is 0 Å². The number of H-pyrrole nitrogens is 1. The Morgan fingerprint density at radius 1 is 1.64 bits per heavy atom. The lowest BCUT2D eigenvalue weighted by atomic mass is 10.3. The summed E-state index contributed by atoms with van der Waals surface area (Å²) in [6.07, 6.45) is 1.52. The predicted octanol–water partition coefficient (Wildman–Crippen LogP) is 1.40. The largest absolute Gasteiger partial charge is 0.464 e. The predicted molar refractivity (Wildman–Crippen MR) is 50.2 cm³/mol. The number of hydrogen-bond acceptors (Lipinski definition) is 4. The van der Waals surface area contributed by atoms with E-state index < -0.39 is 5.97 Å². The van der Waals surface area contributed by atoms with Crippen molar-refractivity contribution in [3.05, 3.63) is 23.1 Å². The normalized spacial score (nSPS) is 10.4. The first-order valence-electron chi connectivity index (χ1n) is 3.80. The van der Waals surface area contributed by atoms with E-state index in [2.05, 4.69) is 19.9 Å². The third kappa shape index (κ3) is 1.31. The fraction of sp³-hybridized carbons (Fsp3) is 0.125. The molecule has 0 aliphatic rings. The van der Waals surface area contributed by atoms with Crippen LogP contribution in [0.1, 0.15) is 10.5 Å². The molecule has 0 aliphatic heterocycles. The first-order valence-corrected chi connectivity index (χ1v) is 4.18. The van der Waals surface area contributed by atoms with Crippen LogP contribution >= 0.6 is 11.6 Å². The lowest BCUT2D eigenvalue weighted by Crippen LogP contribution is -2.00. The van der Waals surface area contributed by atoms with E-state index >= 15 is 0 Å². The van der Waals surface area contributed by atoms with E-state index in [1.807, 2.05) is 0 Å². The molecule has 2 rings (SSSR count). The van der Waals surface area contributed by atoms with Gasteiger partial charge in [-0.3, -0.25) is 0 Å². The summed E-state index contributed by atoms with van der Waals surface area (Å²) in [4.78, 5) is 14.0. The fourth-order valence-electron chi connectivity index (χ4n) is 1.15. The standard InChI is InChI=1S/C8H6ClN3O2/c1-14-8(13)5-2-4-3-10-12-7(9)6(4)11-5/h2-3,11H,1H3. The second-order valence-corrected chi connectivity index (χ2v) is 3.00. The minimum Gasteiger partial charge on any atom is -0.464 e. The molecule has 0 saturated heterocycles. The number of ether oxygens (including phenoxy) is 1. The summed E-state index contributed by atoms with van der Waals surface area (Å²) in [5.74, 6) is -0.447. The Balaban J connectivity index is 2.62. The zero-order chi connectivity index (χ0) is 10.1. The van der Waals surface area contributed by atoms with Gasteiger partial charge in [0.1, 0.15) is 5.69 Å². The van der Waals surface area contributed by atoms with E-state index in [4.69, 9.17) is 11.6 Å². The van der Waals surface area contributed by atoms with Gasteiger partial charge in [-0.25, -0.2) is 4.79 Å². The van der Waals surface area contributed by atoms with Gasteiger partial charge < -0.3 is 9.72 Å². The maximum atomic E-state index is 11.2. The maximum Gasteiger partial charge on any atom is 0.354 e. The van der Waals surface area contributed by atoms with Crippen LogP contribution in [0.25, 0.3) is 10.9 Å². The van der Waals surface area contributed by atoms with Gasteiger partial charge in [0.15, 0.2) is 5.15 Å². The third-order valence-electron chi connectivity index (χ3n) is 1.80. The van der Waals surface area contributed by atoms with Gasteiger partial charge in [0, 0.05) is 5.39 Å². The van der Waals surface area contributed by atoms with Gasteiger partial charge in [-0.2, -0.15) is 5.10 Å². The second kappa shape index (κ2) is 3.26. The highest BCUT2D eigenvalue weighted by molar-refractivity contribution is 6.33. The molecule has 0 fully saturated rings. The molecule has 2 aromatic rings. The molecule has 6 heteroatoms. The molecule has 0 aliphatic carbocycles. The fourth-order valence-corrected chi connectivity index (χ4v) is 1.35. The molecule has 0 saturated carbocycles. The van der Waals surface area contributed by atoms with Crippen molar-refractivity contribution in [2.45, 2.75) is 0 Å². The van der Waals surface area contributed by atoms with Crippen LogP contribution in [0.2, 0.25) is 5.15 Å². The summed E-state index contributed by atoms with van der Waals surface area (Å²) in [5, 5.41) is 8.26. The number of halogens is 1. The highest BCUT2D eigenvalue weighted by atomic mass is 35.5. The first kappa shape index (κ1) is 8.96. The van der Waals surface area contributed by atoms with Crippen LogP contribution in [0, 0.1) is 0 Å². The van der Waals surface area contributed by atoms with Gasteiger partial charge in [0.2, 0.25) is 0 Å². The zero-order valence-electron chi connectivity index (χ0n) is 7.24. The number of aromatic nitrogens is 3. The molecule has 0 unspecified atom stereocenters. The van der Waals surface area contributed by atoms with Gasteiger partial charge in [-0.05, 0) is 6.07 Å². The van der Waals surface area contributed by atoms with Crippen molar-refractivity contribution < 1.29 is 9.53 Å². The number of carbonyl (C=O) groups is 1. The summed E-state index contributed by atoms with van der Waals surface area (Å²) < 4.78 is 4.55. The summed E-state index contributed by atoms with van der Waals surface area (Å²) >= 11 is 5.76.